The minimum Gasteiger partial charge on any atom is -0.494 e. The van der Waals surface area contributed by atoms with Crippen LogP contribution in [0.1, 0.15) is 109 Å². The van der Waals surface area contributed by atoms with Crippen LogP contribution in [0.2, 0.25) is 0 Å². The summed E-state index contributed by atoms with van der Waals surface area (Å²) < 4.78 is 6.01. The second kappa shape index (κ2) is 15.1. The minimum absolute atomic E-state index is 0.786. The molecule has 0 aliphatic heterocycles. The molecule has 3 nitrogen and oxygen atoms in total. The van der Waals surface area contributed by atoms with E-state index in [1.165, 1.54) is 82.6 Å². The highest BCUT2D eigenvalue weighted by atomic mass is 16.5. The van der Waals surface area contributed by atoms with Crippen LogP contribution in [-0.2, 0) is 6.42 Å². The average Bonchev–Trinajstić information content (AvgIpc) is 2.86. The minimum atomic E-state index is 0.786. The number of unbranched alkanes of at least 4 members (excludes halogenated alkanes) is 5. The van der Waals surface area contributed by atoms with Crippen molar-refractivity contribution in [2.24, 2.45) is 11.8 Å². The lowest BCUT2D eigenvalue weighted by atomic mass is 9.78. The Morgan fingerprint density at radius 1 is 0.727 bits per heavy atom. The number of aromatic nitrogens is 2. The number of nitrogens with zero attached hydrogens (tertiary/aromatic N) is 2. The molecule has 182 valence electrons. The maximum absolute atomic E-state index is 6.01. The Morgan fingerprint density at radius 2 is 1.33 bits per heavy atom. The van der Waals surface area contributed by atoms with Gasteiger partial charge in [-0.05, 0) is 60.9 Å². The lowest BCUT2D eigenvalue weighted by Crippen LogP contribution is -2.15. The van der Waals surface area contributed by atoms with Gasteiger partial charge in [-0.15, -0.1) is 0 Å². The summed E-state index contributed by atoms with van der Waals surface area (Å²) in [6, 6.07) is 8.22. The van der Waals surface area contributed by atoms with Gasteiger partial charge in [0.05, 0.1) is 6.61 Å². The van der Waals surface area contributed by atoms with Crippen LogP contribution in [0, 0.1) is 11.8 Å². The number of hydrogen-bond acceptors (Lipinski definition) is 3. The first-order valence-electron chi connectivity index (χ1n) is 13.8. The summed E-state index contributed by atoms with van der Waals surface area (Å²) >= 11 is 0. The predicted molar refractivity (Wildman–Crippen MR) is 140 cm³/mol. The van der Waals surface area contributed by atoms with Crippen molar-refractivity contribution in [3.63, 3.8) is 0 Å². The smallest absolute Gasteiger partial charge is 0.159 e. The summed E-state index contributed by atoms with van der Waals surface area (Å²) in [7, 11) is 0. The first-order valence-corrected chi connectivity index (χ1v) is 13.8. The van der Waals surface area contributed by atoms with E-state index in [0.717, 1.165) is 54.8 Å². The number of rotatable bonds is 15. The van der Waals surface area contributed by atoms with E-state index in [1.807, 2.05) is 24.5 Å². The molecular weight excluding hydrogens is 404 g/mol. The predicted octanol–water partition coefficient (Wildman–Crippen LogP) is 8.81. The van der Waals surface area contributed by atoms with Crippen molar-refractivity contribution in [1.29, 1.82) is 0 Å². The molecule has 1 saturated carbocycles. The average molecular weight is 451 g/mol. The maximum atomic E-state index is 6.01. The molecule has 2 aromatic rings. The second-order valence-electron chi connectivity index (χ2n) is 10.1. The lowest BCUT2D eigenvalue weighted by Gasteiger charge is -2.28. The van der Waals surface area contributed by atoms with Crippen LogP contribution in [0.25, 0.3) is 11.4 Å². The van der Waals surface area contributed by atoms with E-state index < -0.39 is 0 Å². The summed E-state index contributed by atoms with van der Waals surface area (Å²) in [6.45, 7) is 5.29. The van der Waals surface area contributed by atoms with E-state index in [0.29, 0.717) is 0 Å². The van der Waals surface area contributed by atoms with Gasteiger partial charge in [-0.25, -0.2) is 9.97 Å². The molecule has 0 bridgehead atoms. The molecule has 0 spiro atoms. The highest BCUT2D eigenvalue weighted by Crippen LogP contribution is 2.34. The van der Waals surface area contributed by atoms with Crippen molar-refractivity contribution in [3.05, 3.63) is 42.2 Å². The van der Waals surface area contributed by atoms with Gasteiger partial charge < -0.3 is 4.74 Å². The first-order chi connectivity index (χ1) is 16.3. The summed E-state index contributed by atoms with van der Waals surface area (Å²) in [5, 5.41) is 0. The van der Waals surface area contributed by atoms with E-state index in [9.17, 15) is 0 Å². The van der Waals surface area contributed by atoms with Crippen LogP contribution in [0.5, 0.6) is 5.75 Å². The second-order valence-corrected chi connectivity index (χ2v) is 10.1. The van der Waals surface area contributed by atoms with Crippen LogP contribution in [0.4, 0.5) is 0 Å². The molecule has 1 aromatic carbocycles. The fourth-order valence-electron chi connectivity index (χ4n) is 5.21. The number of ether oxygens (including phenoxy) is 1. The largest absolute Gasteiger partial charge is 0.494 e. The highest BCUT2D eigenvalue weighted by Gasteiger charge is 2.20. The van der Waals surface area contributed by atoms with Crippen molar-refractivity contribution in [2.75, 3.05) is 6.61 Å². The van der Waals surface area contributed by atoms with Crippen LogP contribution in [0.3, 0.4) is 0 Å². The molecule has 1 heterocycles. The molecule has 0 amide bonds. The molecule has 1 aromatic heterocycles. The van der Waals surface area contributed by atoms with Gasteiger partial charge in [0.2, 0.25) is 0 Å². The van der Waals surface area contributed by atoms with E-state index in [2.05, 4.69) is 35.9 Å². The molecule has 1 aliphatic rings. The van der Waals surface area contributed by atoms with Gasteiger partial charge >= 0.3 is 0 Å². The first kappa shape index (κ1) is 25.7. The van der Waals surface area contributed by atoms with E-state index in [1.54, 1.807) is 0 Å². The maximum Gasteiger partial charge on any atom is 0.159 e. The summed E-state index contributed by atoms with van der Waals surface area (Å²) in [6.07, 6.45) is 24.4. The normalized spacial score (nSPS) is 18.4. The van der Waals surface area contributed by atoms with E-state index in [-0.39, 0.29) is 0 Å². The molecule has 3 rings (SSSR count). The molecule has 0 unspecified atom stereocenters. The molecular formula is C30H46N2O. The SMILES string of the molecule is CCCCCCCC[C@H]1CC[C@H](CCCOc2ccc(-c3ncc(CCC)cn3)cc2)CC1. The molecule has 33 heavy (non-hydrogen) atoms. The topological polar surface area (TPSA) is 35.0 Å². The zero-order valence-electron chi connectivity index (χ0n) is 21.2. The van der Waals surface area contributed by atoms with E-state index in [4.69, 9.17) is 4.74 Å². The Labute approximate surface area is 202 Å². The van der Waals surface area contributed by atoms with Crippen LogP contribution >= 0.6 is 0 Å². The molecule has 3 heteroatoms. The zero-order valence-corrected chi connectivity index (χ0v) is 21.2. The fraction of sp³-hybridized carbons (Fsp3) is 0.667. The third-order valence-electron chi connectivity index (χ3n) is 7.31. The van der Waals surface area contributed by atoms with Crippen LogP contribution in [0.15, 0.2) is 36.7 Å². The Kier molecular flexibility index (Phi) is 11.8. The van der Waals surface area contributed by atoms with Crippen LogP contribution < -0.4 is 4.74 Å². The van der Waals surface area contributed by atoms with Gasteiger partial charge in [-0.3, -0.25) is 0 Å². The lowest BCUT2D eigenvalue weighted by molar-refractivity contribution is 0.228. The summed E-state index contributed by atoms with van der Waals surface area (Å²) in [5.74, 6) is 3.66. The molecule has 0 N–H and O–H groups in total. The summed E-state index contributed by atoms with van der Waals surface area (Å²) in [4.78, 5) is 9.02. The number of benzene rings is 1. The molecule has 0 saturated heterocycles. The Hall–Kier alpha value is -1.90. The molecule has 0 radical (unpaired) electrons. The number of hydrogen-bond donors (Lipinski definition) is 0. The van der Waals surface area contributed by atoms with Crippen LogP contribution in [-0.4, -0.2) is 16.6 Å². The van der Waals surface area contributed by atoms with Crippen molar-refractivity contribution < 1.29 is 4.74 Å². The van der Waals surface area contributed by atoms with Gasteiger partial charge in [0.15, 0.2) is 5.82 Å². The van der Waals surface area contributed by atoms with Crippen molar-refractivity contribution in [2.45, 2.75) is 110 Å². The molecule has 1 aliphatic carbocycles. The van der Waals surface area contributed by atoms with Crippen molar-refractivity contribution in [3.8, 4) is 17.1 Å². The Bertz CT molecular complexity index is 748. The van der Waals surface area contributed by atoms with Gasteiger partial charge in [0.25, 0.3) is 0 Å². The summed E-state index contributed by atoms with van der Waals surface area (Å²) in [5.41, 5.74) is 2.25. The highest BCUT2D eigenvalue weighted by molar-refractivity contribution is 5.55. The van der Waals surface area contributed by atoms with Gasteiger partial charge in [-0.1, -0.05) is 90.9 Å². The number of aryl methyl sites for hydroxylation is 1. The monoisotopic (exact) mass is 450 g/mol. The Balaban J connectivity index is 1.26. The fourth-order valence-corrected chi connectivity index (χ4v) is 5.21. The molecule has 1 fully saturated rings. The van der Waals surface area contributed by atoms with Crippen molar-refractivity contribution in [1.82, 2.24) is 9.97 Å². The zero-order chi connectivity index (χ0) is 23.1. The third-order valence-corrected chi connectivity index (χ3v) is 7.31. The van der Waals surface area contributed by atoms with Gasteiger partial charge in [0, 0.05) is 18.0 Å². The quantitative estimate of drug-likeness (QED) is 0.254. The Morgan fingerprint density at radius 3 is 1.97 bits per heavy atom. The molecule has 0 atom stereocenters. The van der Waals surface area contributed by atoms with Gasteiger partial charge in [0.1, 0.15) is 5.75 Å². The third kappa shape index (κ3) is 9.47. The standard InChI is InChI=1S/C30H46N2O/c1-3-5-6-7-8-9-12-25-14-16-26(17-15-25)13-10-22-33-29-20-18-28(19-21-29)30-31-23-27(11-4-2)24-32-30/h18-21,23-26H,3-17,22H2,1-2H3/t25-,26-. The van der Waals surface area contributed by atoms with Crippen molar-refractivity contribution >= 4 is 0 Å². The van der Waals surface area contributed by atoms with Gasteiger partial charge in [-0.2, -0.15) is 0 Å². The van der Waals surface area contributed by atoms with E-state index >= 15 is 0 Å².